The maximum absolute atomic E-state index is 3.48. The molecule has 0 radical (unpaired) electrons. The number of nitrogens with one attached hydrogen (secondary N) is 1. The Bertz CT molecular complexity index is 384. The topological polar surface area (TPSA) is 18.5 Å². The van der Waals surface area contributed by atoms with E-state index in [1.54, 1.807) is 0 Å². The molecule has 2 aliphatic rings. The molecule has 2 heterocycles. The molecule has 0 unspecified atom stereocenters. The standard InChI is InChI=1S/C15H23N3/c1-17-13-18(11-14-5-3-2-4-6-14)12-15(17)7-9-16-10-8-15/h2-6,16H,7-13H2,1H3. The molecule has 0 amide bonds. The zero-order chi connectivity index (χ0) is 12.4. The van der Waals surface area contributed by atoms with Crippen LogP contribution >= 0.6 is 0 Å². The van der Waals surface area contributed by atoms with Gasteiger partial charge in [-0.15, -0.1) is 0 Å². The van der Waals surface area contributed by atoms with Gasteiger partial charge in [0, 0.05) is 18.6 Å². The highest BCUT2D eigenvalue weighted by atomic mass is 15.4. The Morgan fingerprint density at radius 1 is 1.17 bits per heavy atom. The van der Waals surface area contributed by atoms with Gasteiger partial charge in [0.1, 0.15) is 0 Å². The van der Waals surface area contributed by atoms with Crippen LogP contribution in [0.3, 0.4) is 0 Å². The van der Waals surface area contributed by atoms with Crippen LogP contribution in [0.4, 0.5) is 0 Å². The van der Waals surface area contributed by atoms with Gasteiger partial charge < -0.3 is 5.32 Å². The Kier molecular flexibility index (Phi) is 3.37. The molecule has 0 aliphatic carbocycles. The summed E-state index contributed by atoms with van der Waals surface area (Å²) in [7, 11) is 2.29. The fraction of sp³-hybridized carbons (Fsp3) is 0.600. The predicted molar refractivity (Wildman–Crippen MR) is 74.3 cm³/mol. The predicted octanol–water partition coefficient (Wildman–Crippen LogP) is 1.51. The highest BCUT2D eigenvalue weighted by Crippen LogP contribution is 2.32. The quantitative estimate of drug-likeness (QED) is 0.852. The lowest BCUT2D eigenvalue weighted by atomic mass is 9.88. The summed E-state index contributed by atoms with van der Waals surface area (Å²) in [4.78, 5) is 5.15. The van der Waals surface area contributed by atoms with Crippen molar-refractivity contribution in [2.75, 3.05) is 33.4 Å². The second-order valence-corrected chi connectivity index (χ2v) is 5.79. The Morgan fingerprint density at radius 3 is 2.61 bits per heavy atom. The molecule has 1 N–H and O–H groups in total. The summed E-state index contributed by atoms with van der Waals surface area (Å²) in [5, 5.41) is 3.48. The van der Waals surface area contributed by atoms with Crippen molar-refractivity contribution in [3.8, 4) is 0 Å². The smallest absolute Gasteiger partial charge is 0.0513 e. The van der Waals surface area contributed by atoms with Crippen molar-refractivity contribution < 1.29 is 0 Å². The molecular weight excluding hydrogens is 222 g/mol. The summed E-state index contributed by atoms with van der Waals surface area (Å²) < 4.78 is 0. The van der Waals surface area contributed by atoms with Crippen molar-refractivity contribution in [3.63, 3.8) is 0 Å². The van der Waals surface area contributed by atoms with Crippen molar-refractivity contribution >= 4 is 0 Å². The molecule has 0 atom stereocenters. The summed E-state index contributed by atoms with van der Waals surface area (Å²) in [5.74, 6) is 0. The Morgan fingerprint density at radius 2 is 1.89 bits per heavy atom. The van der Waals surface area contributed by atoms with Crippen LogP contribution < -0.4 is 5.32 Å². The second kappa shape index (κ2) is 5.00. The Labute approximate surface area is 110 Å². The lowest BCUT2D eigenvalue weighted by molar-refractivity contribution is 0.139. The van der Waals surface area contributed by atoms with Crippen molar-refractivity contribution in [1.29, 1.82) is 0 Å². The fourth-order valence-electron chi connectivity index (χ4n) is 3.42. The maximum atomic E-state index is 3.48. The third kappa shape index (κ3) is 2.30. The van der Waals surface area contributed by atoms with Gasteiger partial charge in [-0.2, -0.15) is 0 Å². The van der Waals surface area contributed by atoms with Gasteiger partial charge in [-0.3, -0.25) is 9.80 Å². The molecule has 98 valence electrons. The Hall–Kier alpha value is -0.900. The summed E-state index contributed by atoms with van der Waals surface area (Å²) in [5.41, 5.74) is 1.86. The Balaban J connectivity index is 1.66. The van der Waals surface area contributed by atoms with Crippen LogP contribution in [0.15, 0.2) is 30.3 Å². The third-order valence-electron chi connectivity index (χ3n) is 4.52. The first-order valence-electron chi connectivity index (χ1n) is 6.97. The van der Waals surface area contributed by atoms with Gasteiger partial charge in [0.15, 0.2) is 0 Å². The number of benzene rings is 1. The van der Waals surface area contributed by atoms with Gasteiger partial charge >= 0.3 is 0 Å². The van der Waals surface area contributed by atoms with Crippen molar-refractivity contribution in [3.05, 3.63) is 35.9 Å². The lowest BCUT2D eigenvalue weighted by Gasteiger charge is -2.39. The van der Waals surface area contributed by atoms with E-state index in [2.05, 4.69) is 52.5 Å². The van der Waals surface area contributed by atoms with Gasteiger partial charge in [0.2, 0.25) is 0 Å². The highest BCUT2D eigenvalue weighted by Gasteiger charge is 2.42. The van der Waals surface area contributed by atoms with Gasteiger partial charge in [-0.05, 0) is 38.5 Å². The van der Waals surface area contributed by atoms with Gasteiger partial charge in [0.25, 0.3) is 0 Å². The fourth-order valence-corrected chi connectivity index (χ4v) is 3.42. The molecule has 18 heavy (non-hydrogen) atoms. The van der Waals surface area contributed by atoms with Crippen molar-refractivity contribution in [1.82, 2.24) is 15.1 Å². The van der Waals surface area contributed by atoms with Gasteiger partial charge in [-0.25, -0.2) is 0 Å². The van der Waals surface area contributed by atoms with Crippen LogP contribution in [0.5, 0.6) is 0 Å². The van der Waals surface area contributed by atoms with E-state index in [1.807, 2.05) is 0 Å². The summed E-state index contributed by atoms with van der Waals surface area (Å²) >= 11 is 0. The summed E-state index contributed by atoms with van der Waals surface area (Å²) in [6, 6.07) is 10.8. The van der Waals surface area contributed by atoms with E-state index in [0.717, 1.165) is 13.2 Å². The lowest BCUT2D eigenvalue weighted by Crippen LogP contribution is -2.51. The molecular formula is C15H23N3. The highest BCUT2D eigenvalue weighted by molar-refractivity contribution is 5.15. The molecule has 3 nitrogen and oxygen atoms in total. The van der Waals surface area contributed by atoms with E-state index in [9.17, 15) is 0 Å². The molecule has 0 bridgehead atoms. The maximum Gasteiger partial charge on any atom is 0.0513 e. The minimum Gasteiger partial charge on any atom is -0.317 e. The van der Waals surface area contributed by atoms with Crippen molar-refractivity contribution in [2.45, 2.75) is 24.9 Å². The van der Waals surface area contributed by atoms with Crippen molar-refractivity contribution in [2.24, 2.45) is 0 Å². The van der Waals surface area contributed by atoms with E-state index in [1.165, 1.54) is 38.0 Å². The van der Waals surface area contributed by atoms with Gasteiger partial charge in [-0.1, -0.05) is 30.3 Å². The van der Waals surface area contributed by atoms with Crippen LogP contribution in [0.25, 0.3) is 0 Å². The van der Waals surface area contributed by atoms with E-state index < -0.39 is 0 Å². The largest absolute Gasteiger partial charge is 0.317 e. The molecule has 1 aromatic carbocycles. The van der Waals surface area contributed by atoms with Crippen LogP contribution in [0.2, 0.25) is 0 Å². The van der Waals surface area contributed by atoms with Gasteiger partial charge in [0.05, 0.1) is 6.67 Å². The first-order chi connectivity index (χ1) is 8.78. The summed E-state index contributed by atoms with van der Waals surface area (Å²) in [6.45, 7) is 5.75. The number of nitrogens with zero attached hydrogens (tertiary/aromatic N) is 2. The number of hydrogen-bond acceptors (Lipinski definition) is 3. The molecule has 2 saturated heterocycles. The first kappa shape index (κ1) is 12.2. The molecule has 1 spiro atoms. The molecule has 2 aliphatic heterocycles. The normalized spacial score (nSPS) is 24.7. The van der Waals surface area contributed by atoms with Crippen LogP contribution in [-0.4, -0.2) is 48.7 Å². The minimum atomic E-state index is 0.431. The van der Waals surface area contributed by atoms with E-state index in [0.29, 0.717) is 5.54 Å². The van der Waals surface area contributed by atoms with Crippen LogP contribution in [0, 0.1) is 0 Å². The monoisotopic (exact) mass is 245 g/mol. The zero-order valence-electron chi connectivity index (χ0n) is 11.2. The zero-order valence-corrected chi connectivity index (χ0v) is 11.2. The van der Waals surface area contributed by atoms with Crippen LogP contribution in [-0.2, 0) is 6.54 Å². The first-order valence-corrected chi connectivity index (χ1v) is 6.97. The average Bonchev–Trinajstić information content (AvgIpc) is 2.68. The van der Waals surface area contributed by atoms with E-state index in [4.69, 9.17) is 0 Å². The number of likely N-dealkylation sites (N-methyl/N-ethyl adjacent to an activating group) is 1. The molecule has 1 aromatic rings. The molecule has 0 saturated carbocycles. The SMILES string of the molecule is CN1CN(Cc2ccccc2)CC12CCNCC2. The van der Waals surface area contributed by atoms with Crippen LogP contribution in [0.1, 0.15) is 18.4 Å². The molecule has 0 aromatic heterocycles. The number of hydrogen-bond donors (Lipinski definition) is 1. The molecule has 2 fully saturated rings. The third-order valence-corrected chi connectivity index (χ3v) is 4.52. The summed E-state index contributed by atoms with van der Waals surface area (Å²) in [6.07, 6.45) is 2.57. The average molecular weight is 245 g/mol. The molecule has 3 heteroatoms. The second-order valence-electron chi connectivity index (χ2n) is 5.79. The van der Waals surface area contributed by atoms with E-state index in [-0.39, 0.29) is 0 Å². The number of piperidine rings is 1. The molecule has 3 rings (SSSR count). The minimum absolute atomic E-state index is 0.431. The number of rotatable bonds is 2. The van der Waals surface area contributed by atoms with E-state index >= 15 is 0 Å².